The first-order valence-electron chi connectivity index (χ1n) is 5.36. The van der Waals surface area contributed by atoms with Crippen LogP contribution in [0.15, 0.2) is 0 Å². The molecule has 0 saturated carbocycles. The fourth-order valence-electron chi connectivity index (χ4n) is 1.56. The largest absolute Gasteiger partial charge is 0.343 e. The molecule has 0 saturated heterocycles. The number of nitrogens with zero attached hydrogens (tertiary/aromatic N) is 1. The maximum atomic E-state index is 11.1. The highest BCUT2D eigenvalue weighted by Crippen LogP contribution is 2.12. The average molecular weight is 185 g/mol. The number of hydrogen-bond acceptors (Lipinski definition) is 1. The fraction of sp³-hybridized carbons (Fsp3) is 0.909. The first-order valence-corrected chi connectivity index (χ1v) is 5.36. The van der Waals surface area contributed by atoms with Gasteiger partial charge in [-0.25, -0.2) is 0 Å². The average Bonchev–Trinajstić information content (AvgIpc) is 2.11. The summed E-state index contributed by atoms with van der Waals surface area (Å²) in [6.07, 6.45) is 5.89. The molecule has 0 aromatic heterocycles. The molecule has 0 aromatic rings. The van der Waals surface area contributed by atoms with Crippen molar-refractivity contribution in [2.75, 3.05) is 7.05 Å². The molecular formula is C11H23NO. The maximum Gasteiger partial charge on any atom is 0.219 e. The summed E-state index contributed by atoms with van der Waals surface area (Å²) in [5.74, 6) is 0.189. The Morgan fingerprint density at radius 2 is 1.85 bits per heavy atom. The zero-order valence-electron chi connectivity index (χ0n) is 9.47. The highest BCUT2D eigenvalue weighted by Gasteiger charge is 2.14. The molecule has 0 aliphatic heterocycles. The summed E-state index contributed by atoms with van der Waals surface area (Å²) in [6, 6.07) is 0.461. The highest BCUT2D eigenvalue weighted by molar-refractivity contribution is 5.73. The molecule has 0 bridgehead atoms. The standard InChI is InChI=1S/C11H23NO/c1-5-7-9-11(8-6-2)12(4)10(3)13/h11H,5-9H2,1-4H3. The molecule has 0 rings (SSSR count). The van der Waals surface area contributed by atoms with Gasteiger partial charge in [-0.1, -0.05) is 33.1 Å². The van der Waals surface area contributed by atoms with Crippen LogP contribution in [0.25, 0.3) is 0 Å². The molecule has 0 spiro atoms. The van der Waals surface area contributed by atoms with Gasteiger partial charge in [-0.2, -0.15) is 0 Å². The molecule has 0 aliphatic rings. The summed E-state index contributed by atoms with van der Waals surface area (Å²) in [7, 11) is 1.92. The maximum absolute atomic E-state index is 11.1. The van der Waals surface area contributed by atoms with Crippen LogP contribution in [0.2, 0.25) is 0 Å². The van der Waals surface area contributed by atoms with E-state index in [1.807, 2.05) is 11.9 Å². The number of rotatable bonds is 6. The molecule has 0 fully saturated rings. The lowest BCUT2D eigenvalue weighted by Crippen LogP contribution is -2.35. The van der Waals surface area contributed by atoms with Gasteiger partial charge in [0.2, 0.25) is 5.91 Å². The Morgan fingerprint density at radius 1 is 1.23 bits per heavy atom. The van der Waals surface area contributed by atoms with Crippen molar-refractivity contribution in [1.29, 1.82) is 0 Å². The Hall–Kier alpha value is -0.530. The molecule has 2 heteroatoms. The molecule has 0 heterocycles. The van der Waals surface area contributed by atoms with Crippen LogP contribution in [0.5, 0.6) is 0 Å². The van der Waals surface area contributed by atoms with Gasteiger partial charge < -0.3 is 4.90 Å². The summed E-state index contributed by atoms with van der Waals surface area (Å²) >= 11 is 0. The van der Waals surface area contributed by atoms with Crippen LogP contribution in [-0.2, 0) is 4.79 Å². The van der Waals surface area contributed by atoms with E-state index in [1.165, 1.54) is 12.8 Å². The van der Waals surface area contributed by atoms with Gasteiger partial charge in [-0.15, -0.1) is 0 Å². The predicted octanol–water partition coefficient (Wildman–Crippen LogP) is 2.82. The van der Waals surface area contributed by atoms with E-state index in [1.54, 1.807) is 6.92 Å². The van der Waals surface area contributed by atoms with Crippen molar-refractivity contribution < 1.29 is 4.79 Å². The fourth-order valence-corrected chi connectivity index (χ4v) is 1.56. The Labute approximate surface area is 82.3 Å². The molecule has 1 atom stereocenters. The van der Waals surface area contributed by atoms with Crippen molar-refractivity contribution in [2.24, 2.45) is 0 Å². The van der Waals surface area contributed by atoms with E-state index in [9.17, 15) is 4.79 Å². The normalized spacial score (nSPS) is 12.6. The SMILES string of the molecule is CCCCC(CCC)N(C)C(C)=O. The van der Waals surface area contributed by atoms with E-state index < -0.39 is 0 Å². The Balaban J connectivity index is 3.98. The minimum Gasteiger partial charge on any atom is -0.343 e. The van der Waals surface area contributed by atoms with Crippen LogP contribution in [0.3, 0.4) is 0 Å². The second-order valence-corrected chi connectivity index (χ2v) is 3.71. The monoisotopic (exact) mass is 185 g/mol. The van der Waals surface area contributed by atoms with Crippen molar-refractivity contribution in [2.45, 2.75) is 58.9 Å². The molecule has 13 heavy (non-hydrogen) atoms. The predicted molar refractivity (Wildman–Crippen MR) is 56.7 cm³/mol. The van der Waals surface area contributed by atoms with Gasteiger partial charge in [0, 0.05) is 20.0 Å². The zero-order chi connectivity index (χ0) is 10.3. The first-order chi connectivity index (χ1) is 6.13. The lowest BCUT2D eigenvalue weighted by Gasteiger charge is -2.26. The summed E-state index contributed by atoms with van der Waals surface area (Å²) in [5.41, 5.74) is 0. The molecule has 0 radical (unpaired) electrons. The molecule has 78 valence electrons. The van der Waals surface area contributed by atoms with Gasteiger partial charge in [0.25, 0.3) is 0 Å². The van der Waals surface area contributed by atoms with E-state index in [0.717, 1.165) is 19.3 Å². The van der Waals surface area contributed by atoms with Crippen molar-refractivity contribution >= 4 is 5.91 Å². The van der Waals surface area contributed by atoms with Gasteiger partial charge in [-0.3, -0.25) is 4.79 Å². The van der Waals surface area contributed by atoms with Crippen molar-refractivity contribution in [1.82, 2.24) is 4.90 Å². The summed E-state index contributed by atoms with van der Waals surface area (Å²) in [4.78, 5) is 13.0. The number of amides is 1. The smallest absolute Gasteiger partial charge is 0.219 e. The van der Waals surface area contributed by atoms with Crippen LogP contribution in [0.4, 0.5) is 0 Å². The molecule has 0 aromatic carbocycles. The second-order valence-electron chi connectivity index (χ2n) is 3.71. The van der Waals surface area contributed by atoms with Gasteiger partial charge >= 0.3 is 0 Å². The van der Waals surface area contributed by atoms with Gasteiger partial charge in [0.15, 0.2) is 0 Å². The Kier molecular flexibility index (Phi) is 6.65. The highest BCUT2D eigenvalue weighted by atomic mass is 16.2. The number of carbonyl (C=O) groups excluding carboxylic acids is 1. The topological polar surface area (TPSA) is 20.3 Å². The quantitative estimate of drug-likeness (QED) is 0.623. The molecular weight excluding hydrogens is 162 g/mol. The molecule has 0 N–H and O–H groups in total. The Morgan fingerprint density at radius 3 is 2.23 bits per heavy atom. The second kappa shape index (κ2) is 6.93. The molecule has 1 unspecified atom stereocenters. The third-order valence-electron chi connectivity index (χ3n) is 2.56. The molecule has 1 amide bonds. The van der Waals surface area contributed by atoms with E-state index in [4.69, 9.17) is 0 Å². The number of carbonyl (C=O) groups is 1. The van der Waals surface area contributed by atoms with Gasteiger partial charge in [0.05, 0.1) is 0 Å². The Bertz CT molecular complexity index is 145. The van der Waals surface area contributed by atoms with Crippen molar-refractivity contribution in [3.05, 3.63) is 0 Å². The van der Waals surface area contributed by atoms with Crippen LogP contribution in [0.1, 0.15) is 52.9 Å². The summed E-state index contributed by atoms with van der Waals surface area (Å²) in [5, 5.41) is 0. The van der Waals surface area contributed by atoms with E-state index in [2.05, 4.69) is 13.8 Å². The first kappa shape index (κ1) is 12.5. The number of hydrogen-bond donors (Lipinski definition) is 0. The summed E-state index contributed by atoms with van der Waals surface area (Å²) < 4.78 is 0. The van der Waals surface area contributed by atoms with E-state index in [0.29, 0.717) is 6.04 Å². The lowest BCUT2D eigenvalue weighted by molar-refractivity contribution is -0.129. The van der Waals surface area contributed by atoms with E-state index in [-0.39, 0.29) is 5.91 Å². The number of unbranched alkanes of at least 4 members (excludes halogenated alkanes) is 1. The van der Waals surface area contributed by atoms with Crippen LogP contribution < -0.4 is 0 Å². The third kappa shape index (κ3) is 4.91. The minimum atomic E-state index is 0.189. The lowest BCUT2D eigenvalue weighted by atomic mass is 10.0. The van der Waals surface area contributed by atoms with Crippen molar-refractivity contribution in [3.63, 3.8) is 0 Å². The third-order valence-corrected chi connectivity index (χ3v) is 2.56. The van der Waals surface area contributed by atoms with Gasteiger partial charge in [0.1, 0.15) is 0 Å². The molecule has 0 aliphatic carbocycles. The zero-order valence-corrected chi connectivity index (χ0v) is 9.47. The van der Waals surface area contributed by atoms with Crippen molar-refractivity contribution in [3.8, 4) is 0 Å². The minimum absolute atomic E-state index is 0.189. The summed E-state index contributed by atoms with van der Waals surface area (Å²) in [6.45, 7) is 6.01. The van der Waals surface area contributed by atoms with E-state index >= 15 is 0 Å². The van der Waals surface area contributed by atoms with Crippen LogP contribution in [0, 0.1) is 0 Å². The van der Waals surface area contributed by atoms with Crippen LogP contribution in [-0.4, -0.2) is 23.9 Å². The van der Waals surface area contributed by atoms with Crippen LogP contribution >= 0.6 is 0 Å². The van der Waals surface area contributed by atoms with Gasteiger partial charge in [-0.05, 0) is 12.8 Å². The molecule has 2 nitrogen and oxygen atoms in total.